The maximum absolute atomic E-state index is 12.7. The summed E-state index contributed by atoms with van der Waals surface area (Å²) in [5.41, 5.74) is 2.02. The fraction of sp³-hybridized carbons (Fsp3) is 0.238. The summed E-state index contributed by atoms with van der Waals surface area (Å²) < 4.78 is 6.92. The molecule has 0 aliphatic carbocycles. The molecule has 0 bridgehead atoms. The predicted molar refractivity (Wildman–Crippen MR) is 114 cm³/mol. The molecule has 0 saturated carbocycles. The van der Waals surface area contributed by atoms with Crippen LogP contribution in [0.15, 0.2) is 54.7 Å². The Hall–Kier alpha value is -3.88. The van der Waals surface area contributed by atoms with Crippen LogP contribution in [0.2, 0.25) is 0 Å². The third-order valence-electron chi connectivity index (χ3n) is 4.46. The minimum atomic E-state index is -0.566. The standard InChI is InChI=1S/C21H23N5O4/c1-4-30-19-10-7-16(13-18(19)26(28)29)21(27)23-20-11-12-22-25(20)14-15-5-8-17(9-6-15)24(2)3/h5-13H,4,14H2,1-3H3,(H,23,27). The molecule has 0 saturated heterocycles. The average molecular weight is 409 g/mol. The number of benzene rings is 2. The van der Waals surface area contributed by atoms with E-state index in [1.165, 1.54) is 18.2 Å². The van der Waals surface area contributed by atoms with Crippen molar-refractivity contribution in [3.05, 3.63) is 76.0 Å². The lowest BCUT2D eigenvalue weighted by atomic mass is 10.1. The van der Waals surface area contributed by atoms with Crippen molar-refractivity contribution in [3.8, 4) is 5.75 Å². The molecule has 1 aromatic heterocycles. The smallest absolute Gasteiger partial charge is 0.311 e. The van der Waals surface area contributed by atoms with Gasteiger partial charge >= 0.3 is 5.69 Å². The van der Waals surface area contributed by atoms with Crippen LogP contribution in [-0.4, -0.2) is 41.3 Å². The topological polar surface area (TPSA) is 103 Å². The molecule has 0 radical (unpaired) electrons. The van der Waals surface area contributed by atoms with Crippen molar-refractivity contribution in [3.63, 3.8) is 0 Å². The van der Waals surface area contributed by atoms with Gasteiger partial charge in [-0.3, -0.25) is 14.9 Å². The van der Waals surface area contributed by atoms with E-state index >= 15 is 0 Å². The lowest BCUT2D eigenvalue weighted by molar-refractivity contribution is -0.385. The molecule has 0 aliphatic rings. The molecule has 0 atom stereocenters. The highest BCUT2D eigenvalue weighted by molar-refractivity contribution is 6.04. The second-order valence-corrected chi connectivity index (χ2v) is 6.76. The number of nitrogens with zero attached hydrogens (tertiary/aromatic N) is 4. The van der Waals surface area contributed by atoms with E-state index in [4.69, 9.17) is 4.74 Å². The van der Waals surface area contributed by atoms with Crippen molar-refractivity contribution in [1.29, 1.82) is 0 Å². The zero-order chi connectivity index (χ0) is 21.7. The molecule has 9 heteroatoms. The normalized spacial score (nSPS) is 10.5. The number of nitrogens with one attached hydrogen (secondary N) is 1. The number of nitro benzene ring substituents is 1. The number of aromatic nitrogens is 2. The van der Waals surface area contributed by atoms with E-state index in [-0.39, 0.29) is 17.0 Å². The highest BCUT2D eigenvalue weighted by atomic mass is 16.6. The molecule has 9 nitrogen and oxygen atoms in total. The Labute approximate surface area is 174 Å². The van der Waals surface area contributed by atoms with Gasteiger partial charge in [-0.1, -0.05) is 12.1 Å². The van der Waals surface area contributed by atoms with Crippen LogP contribution >= 0.6 is 0 Å². The first-order valence-electron chi connectivity index (χ1n) is 9.39. The van der Waals surface area contributed by atoms with Crippen LogP contribution in [0.4, 0.5) is 17.2 Å². The van der Waals surface area contributed by atoms with Gasteiger partial charge in [0.2, 0.25) is 0 Å². The van der Waals surface area contributed by atoms with Gasteiger partial charge in [0.1, 0.15) is 5.82 Å². The lowest BCUT2D eigenvalue weighted by Gasteiger charge is -2.13. The van der Waals surface area contributed by atoms with Crippen LogP contribution in [0.25, 0.3) is 0 Å². The fourth-order valence-corrected chi connectivity index (χ4v) is 2.90. The van der Waals surface area contributed by atoms with Gasteiger partial charge < -0.3 is 15.0 Å². The summed E-state index contributed by atoms with van der Waals surface area (Å²) in [5, 5.41) is 18.3. The Kier molecular flexibility index (Phi) is 6.31. The SMILES string of the molecule is CCOc1ccc(C(=O)Nc2ccnn2Cc2ccc(N(C)C)cc2)cc1[N+](=O)[O-]. The number of carbonyl (C=O) groups is 1. The van der Waals surface area contributed by atoms with Crippen molar-refractivity contribution < 1.29 is 14.5 Å². The summed E-state index contributed by atoms with van der Waals surface area (Å²) in [7, 11) is 3.95. The van der Waals surface area contributed by atoms with Gasteiger partial charge in [-0.25, -0.2) is 4.68 Å². The number of hydrogen-bond acceptors (Lipinski definition) is 6. The molecule has 3 rings (SSSR count). The Bertz CT molecular complexity index is 1040. The van der Waals surface area contributed by atoms with Crippen molar-refractivity contribution in [2.24, 2.45) is 0 Å². The molecule has 0 unspecified atom stereocenters. The molecule has 1 amide bonds. The molecular formula is C21H23N5O4. The molecule has 3 aromatic rings. The van der Waals surface area contributed by atoms with E-state index in [1.807, 2.05) is 43.3 Å². The van der Waals surface area contributed by atoms with Crippen molar-refractivity contribution >= 4 is 23.1 Å². The van der Waals surface area contributed by atoms with Gasteiger partial charge in [0.25, 0.3) is 5.91 Å². The quantitative estimate of drug-likeness (QED) is 0.451. The van der Waals surface area contributed by atoms with Crippen LogP contribution in [0, 0.1) is 10.1 Å². The van der Waals surface area contributed by atoms with Gasteiger partial charge in [-0.15, -0.1) is 0 Å². The number of amides is 1. The summed E-state index contributed by atoms with van der Waals surface area (Å²) in [5.74, 6) is 0.157. The highest BCUT2D eigenvalue weighted by Crippen LogP contribution is 2.28. The maximum atomic E-state index is 12.7. The molecule has 0 aliphatic heterocycles. The van der Waals surface area contributed by atoms with Gasteiger partial charge in [-0.05, 0) is 36.8 Å². The number of carbonyl (C=O) groups excluding carboxylic acids is 1. The van der Waals surface area contributed by atoms with Crippen LogP contribution in [0.5, 0.6) is 5.75 Å². The average Bonchev–Trinajstić information content (AvgIpc) is 3.15. The molecule has 0 spiro atoms. The summed E-state index contributed by atoms with van der Waals surface area (Å²) in [6, 6.07) is 13.8. The molecule has 0 fully saturated rings. The van der Waals surface area contributed by atoms with Crippen LogP contribution in [0.3, 0.4) is 0 Å². The van der Waals surface area contributed by atoms with Crippen LogP contribution < -0.4 is 15.0 Å². The van der Waals surface area contributed by atoms with Gasteiger partial charge in [-0.2, -0.15) is 5.10 Å². The highest BCUT2D eigenvalue weighted by Gasteiger charge is 2.19. The summed E-state index contributed by atoms with van der Waals surface area (Å²) >= 11 is 0. The molecular weight excluding hydrogens is 386 g/mol. The summed E-state index contributed by atoms with van der Waals surface area (Å²) in [4.78, 5) is 25.4. The van der Waals surface area contributed by atoms with Gasteiger partial charge in [0.05, 0.1) is 24.3 Å². The Morgan fingerprint density at radius 3 is 2.57 bits per heavy atom. The number of ether oxygens (including phenoxy) is 1. The summed E-state index contributed by atoms with van der Waals surface area (Å²) in [6.45, 7) is 2.50. The van der Waals surface area contributed by atoms with E-state index in [9.17, 15) is 14.9 Å². The molecule has 30 heavy (non-hydrogen) atoms. The van der Waals surface area contributed by atoms with Crippen molar-refractivity contribution in [2.75, 3.05) is 30.9 Å². The molecule has 2 aromatic carbocycles. The van der Waals surface area contributed by atoms with Crippen LogP contribution in [-0.2, 0) is 6.54 Å². The predicted octanol–water partition coefficient (Wildman–Crippen LogP) is 3.56. The van der Waals surface area contributed by atoms with E-state index < -0.39 is 10.8 Å². The fourth-order valence-electron chi connectivity index (χ4n) is 2.90. The first kappa shape index (κ1) is 20.8. The minimum absolute atomic E-state index is 0.130. The zero-order valence-electron chi connectivity index (χ0n) is 17.0. The second-order valence-electron chi connectivity index (χ2n) is 6.76. The van der Waals surface area contributed by atoms with Crippen LogP contribution in [0.1, 0.15) is 22.8 Å². The second kappa shape index (κ2) is 9.08. The zero-order valence-corrected chi connectivity index (χ0v) is 17.0. The number of hydrogen-bond donors (Lipinski definition) is 1. The first-order chi connectivity index (χ1) is 14.4. The molecule has 1 heterocycles. The van der Waals surface area contributed by atoms with E-state index in [1.54, 1.807) is 23.9 Å². The van der Waals surface area contributed by atoms with Crippen molar-refractivity contribution in [2.45, 2.75) is 13.5 Å². The Morgan fingerprint density at radius 1 is 1.20 bits per heavy atom. The summed E-state index contributed by atoms with van der Waals surface area (Å²) in [6.07, 6.45) is 1.59. The first-order valence-corrected chi connectivity index (χ1v) is 9.39. The third-order valence-corrected chi connectivity index (χ3v) is 4.46. The number of anilines is 2. The lowest BCUT2D eigenvalue weighted by Crippen LogP contribution is -2.16. The number of rotatable bonds is 8. The van der Waals surface area contributed by atoms with E-state index in [2.05, 4.69) is 10.4 Å². The molecule has 1 N–H and O–H groups in total. The minimum Gasteiger partial charge on any atom is -0.487 e. The third kappa shape index (κ3) is 4.75. The monoisotopic (exact) mass is 409 g/mol. The van der Waals surface area contributed by atoms with E-state index in [0.717, 1.165) is 11.3 Å². The van der Waals surface area contributed by atoms with Crippen molar-refractivity contribution in [1.82, 2.24) is 9.78 Å². The Balaban J connectivity index is 1.76. The number of nitro groups is 1. The molecule has 156 valence electrons. The van der Waals surface area contributed by atoms with Gasteiger partial charge in [0.15, 0.2) is 5.75 Å². The maximum Gasteiger partial charge on any atom is 0.311 e. The largest absolute Gasteiger partial charge is 0.487 e. The Morgan fingerprint density at radius 2 is 1.93 bits per heavy atom. The van der Waals surface area contributed by atoms with E-state index in [0.29, 0.717) is 19.0 Å². The van der Waals surface area contributed by atoms with Gasteiger partial charge in [0, 0.05) is 37.5 Å².